The summed E-state index contributed by atoms with van der Waals surface area (Å²) in [6.07, 6.45) is 10.1. The van der Waals surface area contributed by atoms with Gasteiger partial charge in [0, 0.05) is 6.42 Å². The summed E-state index contributed by atoms with van der Waals surface area (Å²) in [6, 6.07) is 0. The zero-order valence-electron chi connectivity index (χ0n) is 6.64. The van der Waals surface area contributed by atoms with Gasteiger partial charge in [0.2, 0.25) is 0 Å². The molecule has 0 unspecified atom stereocenters. The second kappa shape index (κ2) is 6.64. The maximum Gasteiger partial charge on any atom is 0.0512 e. The Bertz CT molecular complexity index is 99.8. The first-order valence-electron chi connectivity index (χ1n) is 3.89. The number of terminal acetylenes is 1. The van der Waals surface area contributed by atoms with Crippen LogP contribution in [0.5, 0.6) is 0 Å². The molecule has 0 rings (SSSR count). The number of aliphatic hydroxyl groups excluding tert-OH is 1. The summed E-state index contributed by atoms with van der Waals surface area (Å²) < 4.78 is 0. The smallest absolute Gasteiger partial charge is 0.0512 e. The van der Waals surface area contributed by atoms with E-state index in [-0.39, 0.29) is 6.10 Å². The zero-order valence-corrected chi connectivity index (χ0v) is 6.64. The summed E-state index contributed by atoms with van der Waals surface area (Å²) in [5.41, 5.74) is 0. The predicted molar refractivity (Wildman–Crippen MR) is 43.6 cm³/mol. The van der Waals surface area contributed by atoms with Crippen LogP contribution in [0.1, 0.15) is 39.0 Å². The van der Waals surface area contributed by atoms with Gasteiger partial charge in [-0.1, -0.05) is 12.8 Å². The van der Waals surface area contributed by atoms with Crippen molar-refractivity contribution >= 4 is 0 Å². The van der Waals surface area contributed by atoms with E-state index in [1.165, 1.54) is 0 Å². The third-order valence-electron chi connectivity index (χ3n) is 1.44. The Morgan fingerprint density at radius 3 is 2.60 bits per heavy atom. The van der Waals surface area contributed by atoms with Crippen molar-refractivity contribution in [3.63, 3.8) is 0 Å². The van der Waals surface area contributed by atoms with Crippen LogP contribution in [0.25, 0.3) is 0 Å². The van der Waals surface area contributed by atoms with Gasteiger partial charge in [0.1, 0.15) is 0 Å². The minimum absolute atomic E-state index is 0.147. The maximum atomic E-state index is 8.87. The van der Waals surface area contributed by atoms with Gasteiger partial charge in [0.05, 0.1) is 6.10 Å². The molecule has 0 radical (unpaired) electrons. The fraction of sp³-hybridized carbons (Fsp3) is 0.778. The molecular weight excluding hydrogens is 124 g/mol. The summed E-state index contributed by atoms with van der Waals surface area (Å²) in [6.45, 7) is 1.82. The van der Waals surface area contributed by atoms with E-state index in [0.29, 0.717) is 0 Å². The molecule has 0 bridgehead atoms. The molecule has 0 aliphatic carbocycles. The van der Waals surface area contributed by atoms with Crippen molar-refractivity contribution in [3.05, 3.63) is 0 Å². The van der Waals surface area contributed by atoms with Crippen LogP contribution >= 0.6 is 0 Å². The Kier molecular flexibility index (Phi) is 6.32. The van der Waals surface area contributed by atoms with E-state index >= 15 is 0 Å². The number of aliphatic hydroxyl groups is 1. The van der Waals surface area contributed by atoms with Gasteiger partial charge in [-0.05, 0) is 19.8 Å². The van der Waals surface area contributed by atoms with Crippen molar-refractivity contribution < 1.29 is 5.11 Å². The van der Waals surface area contributed by atoms with Crippen LogP contribution < -0.4 is 0 Å². The van der Waals surface area contributed by atoms with E-state index in [9.17, 15) is 0 Å². The lowest BCUT2D eigenvalue weighted by Crippen LogP contribution is -1.97. The molecule has 0 saturated heterocycles. The quantitative estimate of drug-likeness (QED) is 0.457. The minimum Gasteiger partial charge on any atom is -0.393 e. The van der Waals surface area contributed by atoms with Gasteiger partial charge < -0.3 is 5.11 Å². The van der Waals surface area contributed by atoms with Crippen molar-refractivity contribution in [2.45, 2.75) is 45.1 Å². The largest absolute Gasteiger partial charge is 0.393 e. The molecule has 0 aromatic heterocycles. The number of unbranched alkanes of at least 4 members (excludes halogenated alkanes) is 3. The van der Waals surface area contributed by atoms with Crippen molar-refractivity contribution in [2.24, 2.45) is 0 Å². The van der Waals surface area contributed by atoms with Crippen LogP contribution in [0.15, 0.2) is 0 Å². The number of hydrogen-bond acceptors (Lipinski definition) is 1. The highest BCUT2D eigenvalue weighted by molar-refractivity contribution is 4.82. The molecule has 0 aliphatic heterocycles. The molecular formula is C9H16O. The van der Waals surface area contributed by atoms with Crippen LogP contribution in [0, 0.1) is 12.3 Å². The van der Waals surface area contributed by atoms with E-state index in [4.69, 9.17) is 11.5 Å². The normalized spacial score (nSPS) is 12.5. The van der Waals surface area contributed by atoms with Gasteiger partial charge in [0.25, 0.3) is 0 Å². The van der Waals surface area contributed by atoms with E-state index in [0.717, 1.165) is 32.1 Å². The Labute approximate surface area is 63.5 Å². The Morgan fingerprint density at radius 1 is 1.40 bits per heavy atom. The van der Waals surface area contributed by atoms with Crippen molar-refractivity contribution in [3.8, 4) is 12.3 Å². The third kappa shape index (κ3) is 7.52. The third-order valence-corrected chi connectivity index (χ3v) is 1.44. The predicted octanol–water partition coefficient (Wildman–Crippen LogP) is 1.95. The summed E-state index contributed by atoms with van der Waals surface area (Å²) in [5, 5.41) is 8.87. The van der Waals surface area contributed by atoms with Crippen LogP contribution in [-0.2, 0) is 0 Å². The average molecular weight is 140 g/mol. The van der Waals surface area contributed by atoms with E-state index in [1.54, 1.807) is 0 Å². The van der Waals surface area contributed by atoms with Crippen molar-refractivity contribution in [1.29, 1.82) is 0 Å². The molecule has 1 N–H and O–H groups in total. The summed E-state index contributed by atoms with van der Waals surface area (Å²) in [4.78, 5) is 0. The lowest BCUT2D eigenvalue weighted by molar-refractivity contribution is 0.180. The second-order valence-electron chi connectivity index (χ2n) is 2.65. The van der Waals surface area contributed by atoms with Gasteiger partial charge in [-0.25, -0.2) is 0 Å². The molecule has 1 atom stereocenters. The summed E-state index contributed by atoms with van der Waals surface area (Å²) in [5.74, 6) is 2.59. The molecule has 0 aromatic carbocycles. The van der Waals surface area contributed by atoms with Gasteiger partial charge in [-0.2, -0.15) is 0 Å². The SMILES string of the molecule is C#CCCCCC[C@H](C)O. The van der Waals surface area contributed by atoms with Gasteiger partial charge in [0.15, 0.2) is 0 Å². The molecule has 10 heavy (non-hydrogen) atoms. The molecule has 0 amide bonds. The molecule has 0 aliphatic rings. The van der Waals surface area contributed by atoms with Gasteiger partial charge >= 0.3 is 0 Å². The lowest BCUT2D eigenvalue weighted by Gasteiger charge is -2.01. The topological polar surface area (TPSA) is 20.2 Å². The summed E-state index contributed by atoms with van der Waals surface area (Å²) in [7, 11) is 0. The fourth-order valence-electron chi connectivity index (χ4n) is 0.844. The van der Waals surface area contributed by atoms with Crippen LogP contribution in [0.2, 0.25) is 0 Å². The van der Waals surface area contributed by atoms with Gasteiger partial charge in [-0.3, -0.25) is 0 Å². The van der Waals surface area contributed by atoms with E-state index in [1.807, 2.05) is 6.92 Å². The summed E-state index contributed by atoms with van der Waals surface area (Å²) >= 11 is 0. The number of rotatable bonds is 5. The maximum absolute atomic E-state index is 8.87. The standard InChI is InChI=1S/C9H16O/c1-3-4-5-6-7-8-9(2)10/h1,9-10H,4-8H2,2H3/t9-/m0/s1. The number of hydrogen-bond donors (Lipinski definition) is 1. The van der Waals surface area contributed by atoms with Crippen LogP contribution in [0.4, 0.5) is 0 Å². The molecule has 0 heterocycles. The van der Waals surface area contributed by atoms with E-state index in [2.05, 4.69) is 5.92 Å². The first kappa shape index (κ1) is 9.52. The van der Waals surface area contributed by atoms with Crippen molar-refractivity contribution in [1.82, 2.24) is 0 Å². The average Bonchev–Trinajstić information content (AvgIpc) is 1.87. The molecule has 0 spiro atoms. The molecule has 58 valence electrons. The first-order valence-corrected chi connectivity index (χ1v) is 3.89. The monoisotopic (exact) mass is 140 g/mol. The lowest BCUT2D eigenvalue weighted by atomic mass is 10.1. The fourth-order valence-corrected chi connectivity index (χ4v) is 0.844. The second-order valence-corrected chi connectivity index (χ2v) is 2.65. The Balaban J connectivity index is 2.86. The molecule has 0 fully saturated rings. The highest BCUT2D eigenvalue weighted by Gasteiger charge is 1.93. The van der Waals surface area contributed by atoms with Crippen LogP contribution in [-0.4, -0.2) is 11.2 Å². The van der Waals surface area contributed by atoms with E-state index < -0.39 is 0 Å². The molecule has 0 saturated carbocycles. The highest BCUT2D eigenvalue weighted by atomic mass is 16.3. The highest BCUT2D eigenvalue weighted by Crippen LogP contribution is 2.04. The Morgan fingerprint density at radius 2 is 2.10 bits per heavy atom. The molecule has 1 heteroatoms. The molecule has 1 nitrogen and oxygen atoms in total. The Hall–Kier alpha value is -0.480. The first-order chi connectivity index (χ1) is 4.77. The minimum atomic E-state index is -0.147. The molecule has 0 aromatic rings. The van der Waals surface area contributed by atoms with Crippen LogP contribution in [0.3, 0.4) is 0 Å². The zero-order chi connectivity index (χ0) is 7.82. The van der Waals surface area contributed by atoms with Crippen molar-refractivity contribution in [2.75, 3.05) is 0 Å². The van der Waals surface area contributed by atoms with Gasteiger partial charge in [-0.15, -0.1) is 12.3 Å².